The number of nitrogen functional groups attached to an aromatic ring is 1. The molecule has 0 atom stereocenters. The van der Waals surface area contributed by atoms with Gasteiger partial charge in [0, 0.05) is 16.2 Å². The SMILES string of the molecule is COc1ccc(Br)cc1CS(=O)(=O)c1ccncc1N. The lowest BCUT2D eigenvalue weighted by molar-refractivity contribution is 0.411. The van der Waals surface area contributed by atoms with Crippen molar-refractivity contribution in [2.24, 2.45) is 0 Å². The highest BCUT2D eigenvalue weighted by molar-refractivity contribution is 9.10. The van der Waals surface area contributed by atoms with Crippen LogP contribution in [0, 0.1) is 0 Å². The molecule has 0 saturated carbocycles. The van der Waals surface area contributed by atoms with Gasteiger partial charge in [-0.25, -0.2) is 8.42 Å². The number of hydrogen-bond acceptors (Lipinski definition) is 5. The number of ether oxygens (including phenoxy) is 1. The van der Waals surface area contributed by atoms with Gasteiger partial charge in [-0.2, -0.15) is 0 Å². The molecular weight excluding hydrogens is 344 g/mol. The van der Waals surface area contributed by atoms with Gasteiger partial charge in [0.2, 0.25) is 0 Å². The van der Waals surface area contributed by atoms with Crippen LogP contribution in [0.25, 0.3) is 0 Å². The predicted octanol–water partition coefficient (Wildman–Crippen LogP) is 2.41. The zero-order chi connectivity index (χ0) is 14.8. The molecule has 0 aliphatic carbocycles. The summed E-state index contributed by atoms with van der Waals surface area (Å²) in [7, 11) is -2.06. The van der Waals surface area contributed by atoms with Crippen LogP contribution >= 0.6 is 15.9 Å². The van der Waals surface area contributed by atoms with Crippen molar-refractivity contribution in [3.8, 4) is 5.75 Å². The topological polar surface area (TPSA) is 82.3 Å². The van der Waals surface area contributed by atoms with E-state index in [1.54, 1.807) is 18.2 Å². The maximum atomic E-state index is 12.4. The smallest absolute Gasteiger partial charge is 0.184 e. The van der Waals surface area contributed by atoms with Crippen LogP contribution in [0.15, 0.2) is 46.0 Å². The van der Waals surface area contributed by atoms with Gasteiger partial charge in [-0.05, 0) is 24.3 Å². The fourth-order valence-corrected chi connectivity index (χ4v) is 3.70. The summed E-state index contributed by atoms with van der Waals surface area (Å²) >= 11 is 3.32. The number of pyridine rings is 1. The first-order valence-electron chi connectivity index (χ1n) is 5.68. The molecule has 2 N–H and O–H groups in total. The molecule has 0 saturated heterocycles. The van der Waals surface area contributed by atoms with Gasteiger partial charge in [-0.15, -0.1) is 0 Å². The van der Waals surface area contributed by atoms with E-state index in [-0.39, 0.29) is 16.3 Å². The first kappa shape index (κ1) is 14.8. The average molecular weight is 357 g/mol. The molecule has 0 aliphatic heterocycles. The Kier molecular flexibility index (Phi) is 4.29. The molecule has 2 rings (SSSR count). The number of nitrogens with two attached hydrogens (primary N) is 1. The van der Waals surface area contributed by atoms with Gasteiger partial charge in [0.05, 0.1) is 29.6 Å². The molecule has 20 heavy (non-hydrogen) atoms. The Bertz CT molecular complexity index is 732. The van der Waals surface area contributed by atoms with Crippen LogP contribution in [0.1, 0.15) is 5.56 Å². The molecule has 1 aromatic heterocycles. The normalized spacial score (nSPS) is 11.3. The molecular formula is C13H13BrN2O3S. The molecule has 0 spiro atoms. The summed E-state index contributed by atoms with van der Waals surface area (Å²) in [6.07, 6.45) is 2.73. The van der Waals surface area contributed by atoms with Crippen molar-refractivity contribution >= 4 is 31.5 Å². The first-order valence-corrected chi connectivity index (χ1v) is 8.13. The highest BCUT2D eigenvalue weighted by Crippen LogP contribution is 2.28. The number of methoxy groups -OCH3 is 1. The standard InChI is InChI=1S/C13H13BrN2O3S/c1-19-12-3-2-10(14)6-9(12)8-20(17,18)13-4-5-16-7-11(13)15/h2-7H,8,15H2,1H3. The van der Waals surface area contributed by atoms with Crippen LogP contribution in [0.4, 0.5) is 5.69 Å². The summed E-state index contributed by atoms with van der Waals surface area (Å²) in [6.45, 7) is 0. The van der Waals surface area contributed by atoms with E-state index in [1.807, 2.05) is 0 Å². The molecule has 5 nitrogen and oxygen atoms in total. The molecule has 0 unspecified atom stereocenters. The van der Waals surface area contributed by atoms with Gasteiger partial charge >= 0.3 is 0 Å². The molecule has 0 radical (unpaired) electrons. The van der Waals surface area contributed by atoms with E-state index in [0.29, 0.717) is 11.3 Å². The summed E-state index contributed by atoms with van der Waals surface area (Å²) in [4.78, 5) is 3.87. The predicted molar refractivity (Wildman–Crippen MR) is 80.2 cm³/mol. The quantitative estimate of drug-likeness (QED) is 0.909. The molecule has 1 aromatic carbocycles. The minimum atomic E-state index is -3.56. The van der Waals surface area contributed by atoms with Crippen LogP contribution in [0.5, 0.6) is 5.75 Å². The minimum absolute atomic E-state index is 0.0783. The highest BCUT2D eigenvalue weighted by atomic mass is 79.9. The molecule has 7 heteroatoms. The molecule has 0 aliphatic rings. The van der Waals surface area contributed by atoms with Gasteiger partial charge in [0.15, 0.2) is 9.84 Å². The maximum absolute atomic E-state index is 12.4. The van der Waals surface area contributed by atoms with Gasteiger partial charge < -0.3 is 10.5 Å². The third kappa shape index (κ3) is 3.10. The van der Waals surface area contributed by atoms with Gasteiger partial charge in [-0.1, -0.05) is 15.9 Å². The Morgan fingerprint density at radius 2 is 2.10 bits per heavy atom. The van der Waals surface area contributed by atoms with Crippen molar-refractivity contribution in [1.29, 1.82) is 0 Å². The van der Waals surface area contributed by atoms with E-state index in [0.717, 1.165) is 4.47 Å². The number of sulfone groups is 1. The lowest BCUT2D eigenvalue weighted by Crippen LogP contribution is -2.09. The summed E-state index contributed by atoms with van der Waals surface area (Å²) in [5, 5.41) is 0. The molecule has 2 aromatic rings. The zero-order valence-electron chi connectivity index (χ0n) is 10.7. The summed E-state index contributed by atoms with van der Waals surface area (Å²) in [5.41, 5.74) is 6.39. The maximum Gasteiger partial charge on any atom is 0.184 e. The fourth-order valence-electron chi connectivity index (χ4n) is 1.82. The van der Waals surface area contributed by atoms with Crippen molar-refractivity contribution in [1.82, 2.24) is 4.98 Å². The summed E-state index contributed by atoms with van der Waals surface area (Å²) < 4.78 is 30.8. The minimum Gasteiger partial charge on any atom is -0.496 e. The number of halogens is 1. The van der Waals surface area contributed by atoms with Crippen molar-refractivity contribution < 1.29 is 13.2 Å². The monoisotopic (exact) mass is 356 g/mol. The van der Waals surface area contributed by atoms with Crippen molar-refractivity contribution in [2.75, 3.05) is 12.8 Å². The molecule has 0 amide bonds. The zero-order valence-corrected chi connectivity index (χ0v) is 13.1. The number of anilines is 1. The lowest BCUT2D eigenvalue weighted by atomic mass is 10.2. The van der Waals surface area contributed by atoms with Gasteiger partial charge in [0.1, 0.15) is 5.75 Å². The van der Waals surface area contributed by atoms with Crippen molar-refractivity contribution in [2.45, 2.75) is 10.6 Å². The van der Waals surface area contributed by atoms with Crippen LogP contribution in [0.2, 0.25) is 0 Å². The summed E-state index contributed by atoms with van der Waals surface area (Å²) in [5.74, 6) is 0.327. The van der Waals surface area contributed by atoms with Crippen molar-refractivity contribution in [3.63, 3.8) is 0 Å². The van der Waals surface area contributed by atoms with E-state index < -0.39 is 9.84 Å². The van der Waals surface area contributed by atoms with E-state index >= 15 is 0 Å². The van der Waals surface area contributed by atoms with Crippen LogP contribution < -0.4 is 10.5 Å². The first-order chi connectivity index (χ1) is 9.44. The highest BCUT2D eigenvalue weighted by Gasteiger charge is 2.20. The molecule has 106 valence electrons. The number of benzene rings is 1. The summed E-state index contributed by atoms with van der Waals surface area (Å²) in [6, 6.07) is 6.61. The second-order valence-electron chi connectivity index (χ2n) is 4.13. The molecule has 0 fully saturated rings. The lowest BCUT2D eigenvalue weighted by Gasteiger charge is -2.11. The van der Waals surface area contributed by atoms with E-state index in [2.05, 4.69) is 20.9 Å². The third-order valence-electron chi connectivity index (χ3n) is 2.73. The Labute approximate surface area is 125 Å². The Hall–Kier alpha value is -1.60. The molecule has 1 heterocycles. The van der Waals surface area contributed by atoms with E-state index in [1.165, 1.54) is 25.6 Å². The Morgan fingerprint density at radius 3 is 2.75 bits per heavy atom. The number of hydrogen-bond donors (Lipinski definition) is 1. The van der Waals surface area contributed by atoms with Crippen LogP contribution in [-0.2, 0) is 15.6 Å². The van der Waals surface area contributed by atoms with Gasteiger partial charge in [-0.3, -0.25) is 4.98 Å². The van der Waals surface area contributed by atoms with Crippen LogP contribution in [0.3, 0.4) is 0 Å². The molecule has 0 bridgehead atoms. The number of rotatable bonds is 4. The van der Waals surface area contributed by atoms with Crippen LogP contribution in [-0.4, -0.2) is 20.5 Å². The van der Waals surface area contributed by atoms with Crippen molar-refractivity contribution in [3.05, 3.63) is 46.7 Å². The number of aromatic nitrogens is 1. The van der Waals surface area contributed by atoms with E-state index in [9.17, 15) is 8.42 Å². The number of nitrogens with zero attached hydrogens (tertiary/aromatic N) is 1. The second-order valence-corrected chi connectivity index (χ2v) is 7.00. The Morgan fingerprint density at radius 1 is 1.35 bits per heavy atom. The van der Waals surface area contributed by atoms with E-state index in [4.69, 9.17) is 10.5 Å². The Balaban J connectivity index is 2.44. The average Bonchev–Trinajstić information content (AvgIpc) is 2.39. The third-order valence-corrected chi connectivity index (χ3v) is 4.96. The van der Waals surface area contributed by atoms with Gasteiger partial charge in [0.25, 0.3) is 0 Å². The fraction of sp³-hybridized carbons (Fsp3) is 0.154. The second kappa shape index (κ2) is 5.80. The largest absolute Gasteiger partial charge is 0.496 e.